The summed E-state index contributed by atoms with van der Waals surface area (Å²) in [6.45, 7) is 0.568. The highest BCUT2D eigenvalue weighted by Crippen LogP contribution is 2.57. The zero-order valence-corrected chi connectivity index (χ0v) is 39.9. The van der Waals surface area contributed by atoms with Gasteiger partial charge < -0.3 is 0 Å². The largest absolute Gasteiger partial charge is 0.274 e. The first kappa shape index (κ1) is 45.0. The van der Waals surface area contributed by atoms with Crippen LogP contribution in [0.3, 0.4) is 0 Å². The topological polar surface area (TPSA) is 74.8 Å². The number of unbranched alkanes of at least 4 members (excludes halogenated alkanes) is 4. The molecule has 0 atom stereocenters. The molecule has 0 saturated carbocycles. The van der Waals surface area contributed by atoms with Gasteiger partial charge in [-0.15, -0.1) is 0 Å². The molecule has 8 aromatic carbocycles. The number of benzene rings is 8. The average molecular weight is 929 g/mol. The molecule has 0 radical (unpaired) electrons. The Balaban J connectivity index is 0.820. The minimum atomic E-state index is -2.00. The maximum atomic E-state index is 14.2. The summed E-state index contributed by atoms with van der Waals surface area (Å²) in [4.78, 5) is 59.6. The van der Waals surface area contributed by atoms with Gasteiger partial charge in [0, 0.05) is 46.1 Å². The second-order valence-electron chi connectivity index (χ2n) is 17.8. The Morgan fingerprint density at radius 3 is 0.706 bits per heavy atom. The third-order valence-electron chi connectivity index (χ3n) is 14.0. The van der Waals surface area contributed by atoms with E-state index in [0.29, 0.717) is 45.9 Å². The van der Waals surface area contributed by atoms with Gasteiger partial charge in [0.25, 0.3) is 23.6 Å². The van der Waals surface area contributed by atoms with Crippen molar-refractivity contribution in [1.82, 2.24) is 9.80 Å². The summed E-state index contributed by atoms with van der Waals surface area (Å²) in [6, 6.07) is 71.6. The predicted octanol–water partition coefficient (Wildman–Crippen LogP) is 10.4. The third kappa shape index (κ3) is 8.10. The van der Waals surface area contributed by atoms with Crippen molar-refractivity contribution in [2.24, 2.45) is 0 Å². The quantitative estimate of drug-likeness (QED) is 0.0488. The fourth-order valence-corrected chi connectivity index (χ4v) is 19.6. The lowest BCUT2D eigenvalue weighted by atomic mass is 9.86. The van der Waals surface area contributed by atoms with Crippen molar-refractivity contribution in [2.45, 2.75) is 38.5 Å². The maximum Gasteiger partial charge on any atom is 0.261 e. The van der Waals surface area contributed by atoms with Crippen LogP contribution < -0.4 is 31.8 Å². The van der Waals surface area contributed by atoms with E-state index in [2.05, 4.69) is 182 Å². The minimum absolute atomic E-state index is 0.284. The zero-order valence-electron chi connectivity index (χ0n) is 38.1. The van der Waals surface area contributed by atoms with Crippen molar-refractivity contribution < 1.29 is 19.2 Å². The van der Waals surface area contributed by atoms with Crippen LogP contribution in [0.5, 0.6) is 0 Å². The lowest BCUT2D eigenvalue weighted by Gasteiger charge is -2.32. The SMILES string of the molecule is O=C1c2ccc3c4c(ccc(c24)C(=O)N1CCCCC[P+](c1ccccc1)(c1ccccc1)c1ccccc1)C(=O)N(CCCCC[P+](c1ccccc1)(c1ccccc1)c1ccccc1)C3=O. The molecule has 10 rings (SSSR count). The summed E-state index contributed by atoms with van der Waals surface area (Å²) in [7, 11) is -4.00. The molecule has 2 aliphatic heterocycles. The number of amides is 4. The van der Waals surface area contributed by atoms with Crippen molar-refractivity contribution in [3.63, 3.8) is 0 Å². The Morgan fingerprint density at radius 2 is 0.485 bits per heavy atom. The molecule has 0 unspecified atom stereocenters. The van der Waals surface area contributed by atoms with E-state index in [1.54, 1.807) is 24.3 Å². The summed E-state index contributed by atoms with van der Waals surface area (Å²) in [5, 5.41) is 8.83. The van der Waals surface area contributed by atoms with Crippen LogP contribution in [-0.4, -0.2) is 58.8 Å². The molecule has 2 heterocycles. The van der Waals surface area contributed by atoms with Crippen molar-refractivity contribution in [2.75, 3.05) is 25.4 Å². The number of rotatable bonds is 18. The van der Waals surface area contributed by atoms with E-state index in [1.165, 1.54) is 41.6 Å². The van der Waals surface area contributed by atoms with Gasteiger partial charge >= 0.3 is 0 Å². The summed E-state index contributed by atoms with van der Waals surface area (Å²) in [5.74, 6) is -1.52. The summed E-state index contributed by atoms with van der Waals surface area (Å²) in [5.41, 5.74) is 1.44. The van der Waals surface area contributed by atoms with Crippen LogP contribution >= 0.6 is 14.5 Å². The maximum absolute atomic E-state index is 14.2. The molecule has 8 aromatic rings. The van der Waals surface area contributed by atoms with Gasteiger partial charge in [-0.2, -0.15) is 0 Å². The highest BCUT2D eigenvalue weighted by Gasteiger charge is 2.46. The highest BCUT2D eigenvalue weighted by molar-refractivity contribution is 7.96. The van der Waals surface area contributed by atoms with E-state index in [-0.39, 0.29) is 36.7 Å². The Bertz CT molecular complexity index is 2620. The summed E-state index contributed by atoms with van der Waals surface area (Å²) < 4.78 is 0. The zero-order chi connectivity index (χ0) is 46.5. The van der Waals surface area contributed by atoms with Crippen LogP contribution in [-0.2, 0) is 0 Å². The third-order valence-corrected chi connectivity index (χ3v) is 23.0. The molecule has 0 bridgehead atoms. The molecule has 6 nitrogen and oxygen atoms in total. The Morgan fingerprint density at radius 1 is 0.265 bits per heavy atom. The molecule has 0 N–H and O–H groups in total. The smallest absolute Gasteiger partial charge is 0.261 e. The minimum Gasteiger partial charge on any atom is -0.274 e. The van der Waals surface area contributed by atoms with Crippen molar-refractivity contribution >= 4 is 80.8 Å². The van der Waals surface area contributed by atoms with Gasteiger partial charge in [0.05, 0.1) is 12.3 Å². The number of hydrogen-bond donors (Lipinski definition) is 0. The molecule has 0 saturated heterocycles. The van der Waals surface area contributed by atoms with Gasteiger partial charge in [0.15, 0.2) is 0 Å². The number of carbonyl (C=O) groups is 4. The number of nitrogens with zero attached hydrogens (tertiary/aromatic N) is 2. The van der Waals surface area contributed by atoms with Gasteiger partial charge in [-0.3, -0.25) is 29.0 Å². The first-order chi connectivity index (χ1) is 33.4. The molecule has 0 spiro atoms. The number of imide groups is 2. The van der Waals surface area contributed by atoms with Gasteiger partial charge in [-0.05, 0) is 136 Å². The lowest BCUT2D eigenvalue weighted by molar-refractivity contribution is 0.0586. The van der Waals surface area contributed by atoms with Crippen molar-refractivity contribution in [3.05, 3.63) is 229 Å². The summed E-state index contributed by atoms with van der Waals surface area (Å²) in [6.07, 6.45) is 6.73. The molecule has 0 aromatic heterocycles. The monoisotopic (exact) mass is 928 g/mol. The van der Waals surface area contributed by atoms with Gasteiger partial charge in [0.1, 0.15) is 46.4 Å². The Kier molecular flexibility index (Phi) is 13.1. The van der Waals surface area contributed by atoms with E-state index in [9.17, 15) is 19.2 Å². The first-order valence-corrected chi connectivity index (χ1v) is 27.8. The highest BCUT2D eigenvalue weighted by atomic mass is 31.2. The standard InChI is InChI=1S/C60H54N2O4P2/c63-57-51-37-39-53-56-54(60(66)62(59(53)65)42-22-8-24-44-68(48-31-15-4-16-32-48,49-33-17-5-18-34-49)50-35-19-6-20-36-50)40-38-52(55(51)56)58(64)61(57)41-21-7-23-43-67(45-25-9-1-10-26-45,46-27-11-2-12-28-46)47-29-13-3-14-30-47/h1-6,9-20,25-40H,7-8,21-24,41-44H2/q+2. The Labute approximate surface area is 400 Å². The van der Waals surface area contributed by atoms with Crippen LogP contribution in [0.4, 0.5) is 0 Å². The van der Waals surface area contributed by atoms with Crippen molar-refractivity contribution in [1.29, 1.82) is 0 Å². The molecule has 68 heavy (non-hydrogen) atoms. The second kappa shape index (κ2) is 19.8. The molecule has 2 aliphatic rings. The van der Waals surface area contributed by atoms with Gasteiger partial charge in [0.2, 0.25) is 0 Å². The van der Waals surface area contributed by atoms with Crippen LogP contribution in [0.15, 0.2) is 206 Å². The molecule has 4 amide bonds. The second-order valence-corrected chi connectivity index (χ2v) is 25.0. The number of carbonyl (C=O) groups excluding carboxylic acids is 4. The van der Waals surface area contributed by atoms with E-state index < -0.39 is 14.5 Å². The van der Waals surface area contributed by atoms with Crippen LogP contribution in [0.1, 0.15) is 80.0 Å². The fourth-order valence-electron chi connectivity index (χ4n) is 10.7. The first-order valence-electron chi connectivity index (χ1n) is 23.9. The normalized spacial score (nSPS) is 13.6. The van der Waals surface area contributed by atoms with E-state index in [0.717, 1.165) is 38.0 Å². The summed E-state index contributed by atoms with van der Waals surface area (Å²) >= 11 is 0. The van der Waals surface area contributed by atoms with Crippen LogP contribution in [0.25, 0.3) is 10.8 Å². The molecular formula is C60H54N2O4P2+2. The molecule has 0 aliphatic carbocycles. The van der Waals surface area contributed by atoms with Crippen LogP contribution in [0, 0.1) is 0 Å². The lowest BCUT2D eigenvalue weighted by Crippen LogP contribution is -2.43. The average Bonchev–Trinajstić information content (AvgIpc) is 3.40. The number of hydrogen-bond acceptors (Lipinski definition) is 4. The van der Waals surface area contributed by atoms with E-state index in [4.69, 9.17) is 0 Å². The molecule has 8 heteroatoms. The molecular weight excluding hydrogens is 875 g/mol. The molecule has 336 valence electrons. The predicted molar refractivity (Wildman–Crippen MR) is 282 cm³/mol. The van der Waals surface area contributed by atoms with Gasteiger partial charge in [-0.25, -0.2) is 0 Å². The van der Waals surface area contributed by atoms with Crippen molar-refractivity contribution in [3.8, 4) is 0 Å². The fraction of sp³-hybridized carbons (Fsp3) is 0.167. The van der Waals surface area contributed by atoms with Crippen LogP contribution in [0.2, 0.25) is 0 Å². The van der Waals surface area contributed by atoms with E-state index >= 15 is 0 Å². The van der Waals surface area contributed by atoms with Gasteiger partial charge in [-0.1, -0.05) is 109 Å². The Hall–Kier alpha value is -6.84. The van der Waals surface area contributed by atoms with E-state index in [1.807, 2.05) is 0 Å². The molecule has 0 fully saturated rings.